The van der Waals surface area contributed by atoms with Crippen molar-refractivity contribution in [3.63, 3.8) is 0 Å². The average Bonchev–Trinajstić information content (AvgIpc) is 2.41. The highest BCUT2D eigenvalue weighted by Gasteiger charge is 2.06. The Kier molecular flexibility index (Phi) is 3.75. The van der Waals surface area contributed by atoms with Crippen molar-refractivity contribution in [3.05, 3.63) is 65.2 Å². The van der Waals surface area contributed by atoms with E-state index in [-0.39, 0.29) is 11.5 Å². The SMILES string of the molecule is NCc1ccc(C(=O)Cc2ccc(O)cc2)cc1. The van der Waals surface area contributed by atoms with Gasteiger partial charge >= 0.3 is 0 Å². The van der Waals surface area contributed by atoms with Gasteiger partial charge in [-0.25, -0.2) is 0 Å². The zero-order chi connectivity index (χ0) is 13.0. The summed E-state index contributed by atoms with van der Waals surface area (Å²) in [4.78, 5) is 12.0. The average molecular weight is 241 g/mol. The van der Waals surface area contributed by atoms with E-state index >= 15 is 0 Å². The van der Waals surface area contributed by atoms with Gasteiger partial charge in [0.1, 0.15) is 5.75 Å². The Hall–Kier alpha value is -2.13. The molecular weight excluding hydrogens is 226 g/mol. The molecule has 2 aromatic carbocycles. The topological polar surface area (TPSA) is 63.3 Å². The summed E-state index contributed by atoms with van der Waals surface area (Å²) in [5.74, 6) is 0.266. The molecule has 2 aromatic rings. The summed E-state index contributed by atoms with van der Waals surface area (Å²) in [7, 11) is 0. The van der Waals surface area contributed by atoms with Crippen molar-refractivity contribution in [2.24, 2.45) is 5.73 Å². The highest BCUT2D eigenvalue weighted by atomic mass is 16.3. The van der Waals surface area contributed by atoms with Crippen molar-refractivity contribution >= 4 is 5.78 Å². The summed E-state index contributed by atoms with van der Waals surface area (Å²) in [5.41, 5.74) is 8.09. The lowest BCUT2D eigenvalue weighted by atomic mass is 10.0. The minimum Gasteiger partial charge on any atom is -0.508 e. The summed E-state index contributed by atoms with van der Waals surface area (Å²) in [6.07, 6.45) is 0.336. The molecule has 0 aromatic heterocycles. The molecular formula is C15H15NO2. The van der Waals surface area contributed by atoms with Gasteiger partial charge in [-0.05, 0) is 23.3 Å². The summed E-state index contributed by atoms with van der Waals surface area (Å²) in [6.45, 7) is 0.479. The monoisotopic (exact) mass is 241 g/mol. The van der Waals surface area contributed by atoms with Crippen LogP contribution < -0.4 is 5.73 Å². The maximum Gasteiger partial charge on any atom is 0.167 e. The fraction of sp³-hybridized carbons (Fsp3) is 0.133. The number of hydrogen-bond donors (Lipinski definition) is 2. The van der Waals surface area contributed by atoms with Crippen LogP contribution in [0.15, 0.2) is 48.5 Å². The molecule has 0 saturated carbocycles. The fourth-order valence-corrected chi connectivity index (χ4v) is 1.73. The molecule has 92 valence electrons. The second-order valence-electron chi connectivity index (χ2n) is 4.17. The summed E-state index contributed by atoms with van der Waals surface area (Å²) in [6, 6.07) is 14.0. The Morgan fingerprint density at radius 2 is 1.50 bits per heavy atom. The number of phenolic OH excluding ortho intramolecular Hbond substituents is 1. The molecule has 3 nitrogen and oxygen atoms in total. The molecule has 0 spiro atoms. The second kappa shape index (κ2) is 5.47. The van der Waals surface area contributed by atoms with E-state index in [0.717, 1.165) is 11.1 Å². The number of carbonyl (C=O) groups excluding carboxylic acids is 1. The van der Waals surface area contributed by atoms with Crippen LogP contribution in [0.25, 0.3) is 0 Å². The summed E-state index contributed by atoms with van der Waals surface area (Å²) in [5, 5.41) is 9.17. The molecule has 0 unspecified atom stereocenters. The van der Waals surface area contributed by atoms with Crippen molar-refractivity contribution in [2.45, 2.75) is 13.0 Å². The van der Waals surface area contributed by atoms with E-state index in [9.17, 15) is 4.79 Å². The largest absolute Gasteiger partial charge is 0.508 e. The van der Waals surface area contributed by atoms with E-state index in [1.807, 2.05) is 12.1 Å². The van der Waals surface area contributed by atoms with Gasteiger partial charge in [-0.15, -0.1) is 0 Å². The Morgan fingerprint density at radius 1 is 0.944 bits per heavy atom. The van der Waals surface area contributed by atoms with Gasteiger partial charge < -0.3 is 10.8 Å². The highest BCUT2D eigenvalue weighted by Crippen LogP contribution is 2.13. The molecule has 0 saturated heterocycles. The van der Waals surface area contributed by atoms with Crippen molar-refractivity contribution in [2.75, 3.05) is 0 Å². The Bertz CT molecular complexity index is 529. The van der Waals surface area contributed by atoms with Crippen LogP contribution in [-0.2, 0) is 13.0 Å². The van der Waals surface area contributed by atoms with Gasteiger partial charge in [0.15, 0.2) is 5.78 Å². The predicted octanol–water partition coefficient (Wildman–Crippen LogP) is 2.28. The van der Waals surface area contributed by atoms with Gasteiger partial charge in [0.25, 0.3) is 0 Å². The second-order valence-corrected chi connectivity index (χ2v) is 4.17. The van der Waals surface area contributed by atoms with Crippen molar-refractivity contribution in [1.29, 1.82) is 0 Å². The van der Waals surface area contributed by atoms with Gasteiger partial charge in [0.05, 0.1) is 0 Å². The molecule has 0 amide bonds. The molecule has 3 N–H and O–H groups in total. The van der Waals surface area contributed by atoms with Crippen molar-refractivity contribution < 1.29 is 9.90 Å². The summed E-state index contributed by atoms with van der Waals surface area (Å²) >= 11 is 0. The van der Waals surface area contributed by atoms with E-state index in [1.165, 1.54) is 0 Å². The maximum absolute atomic E-state index is 12.0. The normalized spacial score (nSPS) is 10.3. The van der Waals surface area contributed by atoms with Crippen molar-refractivity contribution in [3.8, 4) is 5.75 Å². The van der Waals surface area contributed by atoms with E-state index < -0.39 is 0 Å². The van der Waals surface area contributed by atoms with Gasteiger partial charge in [-0.1, -0.05) is 36.4 Å². The molecule has 0 heterocycles. The van der Waals surface area contributed by atoms with E-state index in [2.05, 4.69) is 0 Å². The van der Waals surface area contributed by atoms with Gasteiger partial charge in [0, 0.05) is 18.5 Å². The predicted molar refractivity (Wildman–Crippen MR) is 70.5 cm³/mol. The van der Waals surface area contributed by atoms with E-state index in [0.29, 0.717) is 18.5 Å². The fourth-order valence-electron chi connectivity index (χ4n) is 1.73. The molecule has 0 bridgehead atoms. The number of aromatic hydroxyl groups is 1. The van der Waals surface area contributed by atoms with E-state index in [1.54, 1.807) is 36.4 Å². The number of hydrogen-bond acceptors (Lipinski definition) is 3. The lowest BCUT2D eigenvalue weighted by Gasteiger charge is -2.03. The molecule has 0 atom stereocenters. The lowest BCUT2D eigenvalue weighted by molar-refractivity contribution is 0.0993. The van der Waals surface area contributed by atoms with Gasteiger partial charge in [-0.3, -0.25) is 4.79 Å². The molecule has 0 aliphatic rings. The lowest BCUT2D eigenvalue weighted by Crippen LogP contribution is -2.04. The highest BCUT2D eigenvalue weighted by molar-refractivity contribution is 5.97. The molecule has 18 heavy (non-hydrogen) atoms. The van der Waals surface area contributed by atoms with Crippen LogP contribution in [-0.4, -0.2) is 10.9 Å². The first-order valence-corrected chi connectivity index (χ1v) is 5.79. The number of Topliss-reactive ketones (excluding diaryl/α,β-unsaturated/α-hetero) is 1. The Morgan fingerprint density at radius 3 is 2.06 bits per heavy atom. The maximum atomic E-state index is 12.0. The molecule has 0 aliphatic heterocycles. The third kappa shape index (κ3) is 2.96. The zero-order valence-corrected chi connectivity index (χ0v) is 9.97. The van der Waals surface area contributed by atoms with Crippen LogP contribution in [0.2, 0.25) is 0 Å². The first kappa shape index (κ1) is 12.3. The number of rotatable bonds is 4. The zero-order valence-electron chi connectivity index (χ0n) is 9.97. The van der Waals surface area contributed by atoms with Crippen LogP contribution in [0.3, 0.4) is 0 Å². The number of benzene rings is 2. The Labute approximate surface area is 106 Å². The van der Waals surface area contributed by atoms with Crippen LogP contribution in [0, 0.1) is 0 Å². The third-order valence-corrected chi connectivity index (χ3v) is 2.81. The quantitative estimate of drug-likeness (QED) is 0.807. The number of carbonyl (C=O) groups is 1. The minimum atomic E-state index is 0.0595. The van der Waals surface area contributed by atoms with Crippen molar-refractivity contribution in [1.82, 2.24) is 0 Å². The van der Waals surface area contributed by atoms with Crippen LogP contribution in [0.5, 0.6) is 5.75 Å². The van der Waals surface area contributed by atoms with Gasteiger partial charge in [-0.2, -0.15) is 0 Å². The first-order chi connectivity index (χ1) is 8.69. The van der Waals surface area contributed by atoms with Crippen LogP contribution in [0.1, 0.15) is 21.5 Å². The standard InChI is InChI=1S/C15H15NO2/c16-10-12-1-5-13(6-2-12)15(18)9-11-3-7-14(17)8-4-11/h1-8,17H,9-10,16H2. The number of phenols is 1. The molecule has 0 aliphatic carbocycles. The van der Waals surface area contributed by atoms with Crippen LogP contribution in [0.4, 0.5) is 0 Å². The molecule has 2 rings (SSSR count). The summed E-state index contributed by atoms with van der Waals surface area (Å²) < 4.78 is 0. The molecule has 3 heteroatoms. The minimum absolute atomic E-state index is 0.0595. The van der Waals surface area contributed by atoms with Gasteiger partial charge in [0.2, 0.25) is 0 Å². The van der Waals surface area contributed by atoms with E-state index in [4.69, 9.17) is 10.8 Å². The Balaban J connectivity index is 2.09. The van der Waals surface area contributed by atoms with Crippen LogP contribution >= 0.6 is 0 Å². The molecule has 0 radical (unpaired) electrons. The third-order valence-electron chi connectivity index (χ3n) is 2.81. The number of ketones is 1. The number of nitrogens with two attached hydrogens (primary N) is 1. The molecule has 0 fully saturated rings. The first-order valence-electron chi connectivity index (χ1n) is 5.79. The smallest absolute Gasteiger partial charge is 0.167 e.